The maximum Gasteiger partial charge on any atom is 0.157 e. The summed E-state index contributed by atoms with van der Waals surface area (Å²) in [5.41, 5.74) is 10.8. The summed E-state index contributed by atoms with van der Waals surface area (Å²) in [7, 11) is 0. The zero-order chi connectivity index (χ0) is 15.9. The number of phenolic OH excluding ortho intramolecular Hbond substituents is 3. The van der Waals surface area contributed by atoms with Crippen LogP contribution in [0.4, 0.5) is 0 Å². The zero-order valence-corrected chi connectivity index (χ0v) is 12.6. The Morgan fingerprint density at radius 1 is 1.00 bits per heavy atom. The summed E-state index contributed by atoms with van der Waals surface area (Å²) in [5, 5.41) is 29.5. The number of benzene rings is 2. The van der Waals surface area contributed by atoms with E-state index in [1.807, 2.05) is 13.0 Å². The molecule has 5 N–H and O–H groups in total. The van der Waals surface area contributed by atoms with Gasteiger partial charge >= 0.3 is 0 Å². The molecule has 1 atom stereocenters. The number of fused-ring (bicyclic) bond motifs is 1. The Morgan fingerprint density at radius 3 is 2.45 bits per heavy atom. The molecule has 0 aromatic heterocycles. The van der Waals surface area contributed by atoms with Crippen molar-refractivity contribution in [1.82, 2.24) is 0 Å². The molecule has 1 aliphatic carbocycles. The predicted octanol–water partition coefficient (Wildman–Crippen LogP) is 3.04. The topological polar surface area (TPSA) is 86.7 Å². The van der Waals surface area contributed by atoms with Crippen molar-refractivity contribution in [3.63, 3.8) is 0 Å². The minimum atomic E-state index is -0.0875. The van der Waals surface area contributed by atoms with Gasteiger partial charge in [-0.1, -0.05) is 6.07 Å². The SMILES string of the molecule is Cc1cc(C2CCCc3cc(O)c(O)cc32)c(CN)cc1O. The summed E-state index contributed by atoms with van der Waals surface area (Å²) in [6.07, 6.45) is 2.88. The van der Waals surface area contributed by atoms with Crippen LogP contribution in [0.25, 0.3) is 0 Å². The number of aromatic hydroxyl groups is 3. The molecule has 1 aliphatic rings. The van der Waals surface area contributed by atoms with Crippen molar-refractivity contribution in [3.8, 4) is 17.2 Å². The Hall–Kier alpha value is -2.20. The van der Waals surface area contributed by atoms with Gasteiger partial charge in [0.15, 0.2) is 11.5 Å². The molecule has 0 amide bonds. The first kappa shape index (κ1) is 14.7. The van der Waals surface area contributed by atoms with Crippen LogP contribution in [0, 0.1) is 6.92 Å². The van der Waals surface area contributed by atoms with Crippen molar-refractivity contribution < 1.29 is 15.3 Å². The first-order valence-corrected chi connectivity index (χ1v) is 7.58. The van der Waals surface area contributed by atoms with Crippen LogP contribution < -0.4 is 5.73 Å². The predicted molar refractivity (Wildman–Crippen MR) is 85.3 cm³/mol. The molecule has 0 bridgehead atoms. The maximum absolute atomic E-state index is 9.90. The molecule has 0 heterocycles. The van der Waals surface area contributed by atoms with E-state index >= 15 is 0 Å². The van der Waals surface area contributed by atoms with E-state index in [2.05, 4.69) is 0 Å². The largest absolute Gasteiger partial charge is 0.508 e. The van der Waals surface area contributed by atoms with Crippen LogP contribution in [0.1, 0.15) is 46.6 Å². The fraction of sp³-hybridized carbons (Fsp3) is 0.333. The average molecular weight is 299 g/mol. The molecule has 116 valence electrons. The number of hydrogen-bond donors (Lipinski definition) is 4. The van der Waals surface area contributed by atoms with Gasteiger partial charge in [-0.05, 0) is 72.2 Å². The number of rotatable bonds is 2. The molecule has 0 spiro atoms. The number of nitrogens with two attached hydrogens (primary N) is 1. The van der Waals surface area contributed by atoms with Gasteiger partial charge < -0.3 is 21.1 Å². The molecule has 0 fully saturated rings. The third kappa shape index (κ3) is 2.40. The number of aryl methyl sites for hydroxylation is 2. The van der Waals surface area contributed by atoms with E-state index in [-0.39, 0.29) is 23.2 Å². The van der Waals surface area contributed by atoms with Gasteiger partial charge in [0.25, 0.3) is 0 Å². The summed E-state index contributed by atoms with van der Waals surface area (Å²) in [6, 6.07) is 7.05. The summed E-state index contributed by atoms with van der Waals surface area (Å²) in [6.45, 7) is 2.23. The molecule has 2 aromatic rings. The summed E-state index contributed by atoms with van der Waals surface area (Å²) >= 11 is 0. The van der Waals surface area contributed by atoms with Crippen molar-refractivity contribution in [1.29, 1.82) is 0 Å². The van der Waals surface area contributed by atoms with Crippen molar-refractivity contribution in [2.24, 2.45) is 5.73 Å². The normalized spacial score (nSPS) is 17.3. The van der Waals surface area contributed by atoms with Crippen LogP contribution in [0.2, 0.25) is 0 Å². The van der Waals surface area contributed by atoms with E-state index in [1.165, 1.54) is 0 Å². The molecule has 3 rings (SSSR count). The van der Waals surface area contributed by atoms with Gasteiger partial charge in [0.1, 0.15) is 5.75 Å². The van der Waals surface area contributed by atoms with Crippen molar-refractivity contribution in [2.75, 3.05) is 0 Å². The standard InChI is InChI=1S/C18H21NO3/c1-10-5-14(12(9-19)7-16(10)20)13-4-2-3-11-6-17(21)18(22)8-15(11)13/h5-8,13,20-22H,2-4,9,19H2,1H3. The Morgan fingerprint density at radius 2 is 1.73 bits per heavy atom. The fourth-order valence-electron chi connectivity index (χ4n) is 3.42. The van der Waals surface area contributed by atoms with Gasteiger partial charge in [0.05, 0.1) is 0 Å². The van der Waals surface area contributed by atoms with E-state index in [1.54, 1.807) is 18.2 Å². The Labute approximate surface area is 129 Å². The highest BCUT2D eigenvalue weighted by molar-refractivity contribution is 5.53. The zero-order valence-electron chi connectivity index (χ0n) is 12.6. The first-order chi connectivity index (χ1) is 10.5. The van der Waals surface area contributed by atoms with Gasteiger partial charge in [-0.15, -0.1) is 0 Å². The lowest BCUT2D eigenvalue weighted by Gasteiger charge is -2.28. The van der Waals surface area contributed by atoms with Crippen molar-refractivity contribution >= 4 is 0 Å². The van der Waals surface area contributed by atoms with E-state index < -0.39 is 0 Å². The highest BCUT2D eigenvalue weighted by Gasteiger charge is 2.25. The smallest absolute Gasteiger partial charge is 0.157 e. The van der Waals surface area contributed by atoms with Crippen LogP contribution in [0.15, 0.2) is 24.3 Å². The molecule has 22 heavy (non-hydrogen) atoms. The van der Waals surface area contributed by atoms with Crippen molar-refractivity contribution in [2.45, 2.75) is 38.6 Å². The summed E-state index contributed by atoms with van der Waals surface area (Å²) < 4.78 is 0. The summed E-state index contributed by atoms with van der Waals surface area (Å²) in [5.74, 6) is 0.234. The molecule has 0 radical (unpaired) electrons. The monoisotopic (exact) mass is 299 g/mol. The fourth-order valence-corrected chi connectivity index (χ4v) is 3.42. The Balaban J connectivity index is 2.16. The molecule has 2 aromatic carbocycles. The molecule has 4 nitrogen and oxygen atoms in total. The number of hydrogen-bond acceptors (Lipinski definition) is 4. The van der Waals surface area contributed by atoms with Crippen LogP contribution in [-0.2, 0) is 13.0 Å². The second-order valence-corrected chi connectivity index (χ2v) is 6.03. The van der Waals surface area contributed by atoms with E-state index in [0.29, 0.717) is 6.54 Å². The minimum absolute atomic E-state index is 0.0691. The molecule has 0 saturated carbocycles. The van der Waals surface area contributed by atoms with Crippen LogP contribution in [-0.4, -0.2) is 15.3 Å². The molecule has 0 saturated heterocycles. The lowest BCUT2D eigenvalue weighted by Crippen LogP contribution is -2.14. The van der Waals surface area contributed by atoms with Gasteiger partial charge in [0.2, 0.25) is 0 Å². The minimum Gasteiger partial charge on any atom is -0.508 e. The van der Waals surface area contributed by atoms with E-state index in [0.717, 1.165) is 47.1 Å². The van der Waals surface area contributed by atoms with E-state index in [9.17, 15) is 15.3 Å². The highest BCUT2D eigenvalue weighted by Crippen LogP contribution is 2.43. The quantitative estimate of drug-likeness (QED) is 0.642. The third-order valence-corrected chi connectivity index (χ3v) is 4.60. The second kappa shape index (κ2) is 5.54. The van der Waals surface area contributed by atoms with Crippen LogP contribution in [0.5, 0.6) is 17.2 Å². The molecule has 1 unspecified atom stereocenters. The van der Waals surface area contributed by atoms with Crippen LogP contribution in [0.3, 0.4) is 0 Å². The van der Waals surface area contributed by atoms with Crippen LogP contribution >= 0.6 is 0 Å². The first-order valence-electron chi connectivity index (χ1n) is 7.58. The Bertz CT molecular complexity index is 725. The molecule has 0 aliphatic heterocycles. The molecular formula is C18H21NO3. The van der Waals surface area contributed by atoms with Gasteiger partial charge in [-0.3, -0.25) is 0 Å². The second-order valence-electron chi connectivity index (χ2n) is 6.03. The van der Waals surface area contributed by atoms with Gasteiger partial charge in [-0.25, -0.2) is 0 Å². The van der Waals surface area contributed by atoms with Gasteiger partial charge in [0, 0.05) is 12.5 Å². The lowest BCUT2D eigenvalue weighted by molar-refractivity contribution is 0.401. The Kier molecular flexibility index (Phi) is 3.71. The van der Waals surface area contributed by atoms with E-state index in [4.69, 9.17) is 5.73 Å². The average Bonchev–Trinajstić information content (AvgIpc) is 2.50. The lowest BCUT2D eigenvalue weighted by atomic mass is 9.77. The summed E-state index contributed by atoms with van der Waals surface area (Å²) in [4.78, 5) is 0. The highest BCUT2D eigenvalue weighted by atomic mass is 16.3. The maximum atomic E-state index is 9.90. The van der Waals surface area contributed by atoms with Crippen molar-refractivity contribution in [3.05, 3.63) is 52.1 Å². The number of phenols is 3. The molecule has 4 heteroatoms. The third-order valence-electron chi connectivity index (χ3n) is 4.60. The molecular weight excluding hydrogens is 278 g/mol. The van der Waals surface area contributed by atoms with Gasteiger partial charge in [-0.2, -0.15) is 0 Å².